The van der Waals surface area contributed by atoms with Crippen LogP contribution >= 0.6 is 0 Å². The SMILES string of the molecule is CCc1ccc(C(CO)C2CC2)cc1. The monoisotopic (exact) mass is 190 g/mol. The van der Waals surface area contributed by atoms with Crippen molar-refractivity contribution < 1.29 is 5.11 Å². The third-order valence-electron chi connectivity index (χ3n) is 3.20. The van der Waals surface area contributed by atoms with Gasteiger partial charge in [-0.2, -0.15) is 0 Å². The van der Waals surface area contributed by atoms with Gasteiger partial charge in [-0.05, 0) is 36.3 Å². The molecule has 0 spiro atoms. The van der Waals surface area contributed by atoms with Crippen LogP contribution in [0.1, 0.15) is 36.8 Å². The van der Waals surface area contributed by atoms with Gasteiger partial charge in [-0.3, -0.25) is 0 Å². The highest BCUT2D eigenvalue weighted by atomic mass is 16.3. The molecular weight excluding hydrogens is 172 g/mol. The van der Waals surface area contributed by atoms with Crippen LogP contribution in [0.2, 0.25) is 0 Å². The van der Waals surface area contributed by atoms with E-state index in [4.69, 9.17) is 0 Å². The Kier molecular flexibility index (Phi) is 2.87. The Labute approximate surface area is 85.8 Å². The van der Waals surface area contributed by atoms with E-state index in [2.05, 4.69) is 31.2 Å². The Morgan fingerprint density at radius 1 is 1.29 bits per heavy atom. The van der Waals surface area contributed by atoms with Gasteiger partial charge in [-0.1, -0.05) is 31.2 Å². The number of benzene rings is 1. The maximum atomic E-state index is 9.32. The van der Waals surface area contributed by atoms with Crippen LogP contribution in [0.25, 0.3) is 0 Å². The van der Waals surface area contributed by atoms with Crippen LogP contribution in [-0.2, 0) is 6.42 Å². The molecule has 1 fully saturated rings. The van der Waals surface area contributed by atoms with Gasteiger partial charge in [0.1, 0.15) is 0 Å². The van der Waals surface area contributed by atoms with Crippen LogP contribution in [0.4, 0.5) is 0 Å². The molecule has 0 radical (unpaired) electrons. The fourth-order valence-corrected chi connectivity index (χ4v) is 2.03. The molecule has 0 bridgehead atoms. The fourth-order valence-electron chi connectivity index (χ4n) is 2.03. The topological polar surface area (TPSA) is 20.2 Å². The fraction of sp³-hybridized carbons (Fsp3) is 0.538. The second kappa shape index (κ2) is 4.14. The van der Waals surface area contributed by atoms with Crippen molar-refractivity contribution >= 4 is 0 Å². The number of hydrogen-bond acceptors (Lipinski definition) is 1. The zero-order valence-corrected chi connectivity index (χ0v) is 8.74. The summed E-state index contributed by atoms with van der Waals surface area (Å²) in [6.45, 7) is 2.47. The lowest BCUT2D eigenvalue weighted by Gasteiger charge is -2.13. The van der Waals surface area contributed by atoms with E-state index in [9.17, 15) is 5.11 Å². The molecule has 1 unspecified atom stereocenters. The Morgan fingerprint density at radius 3 is 2.36 bits per heavy atom. The molecule has 1 heteroatoms. The normalized spacial score (nSPS) is 18.1. The van der Waals surface area contributed by atoms with Crippen molar-refractivity contribution in [1.82, 2.24) is 0 Å². The van der Waals surface area contributed by atoms with Crippen LogP contribution in [0, 0.1) is 5.92 Å². The molecule has 1 aromatic rings. The van der Waals surface area contributed by atoms with Crippen molar-refractivity contribution in [3.63, 3.8) is 0 Å². The molecule has 76 valence electrons. The number of aryl methyl sites for hydroxylation is 1. The lowest BCUT2D eigenvalue weighted by Crippen LogP contribution is -2.06. The molecule has 1 aliphatic carbocycles. The molecule has 2 rings (SSSR count). The predicted octanol–water partition coefficient (Wildman–Crippen LogP) is 2.73. The smallest absolute Gasteiger partial charge is 0.0502 e. The minimum absolute atomic E-state index is 0.302. The minimum Gasteiger partial charge on any atom is -0.396 e. The lowest BCUT2D eigenvalue weighted by atomic mass is 9.94. The molecular formula is C13H18O. The van der Waals surface area contributed by atoms with Crippen LogP contribution in [0.3, 0.4) is 0 Å². The summed E-state index contributed by atoms with van der Waals surface area (Å²) in [5.74, 6) is 1.13. The first kappa shape index (κ1) is 9.72. The number of hydrogen-bond donors (Lipinski definition) is 1. The van der Waals surface area contributed by atoms with E-state index in [1.165, 1.54) is 24.0 Å². The zero-order chi connectivity index (χ0) is 9.97. The van der Waals surface area contributed by atoms with E-state index in [0.717, 1.165) is 12.3 Å². The first-order valence-electron chi connectivity index (χ1n) is 5.55. The van der Waals surface area contributed by atoms with E-state index in [-0.39, 0.29) is 0 Å². The Hall–Kier alpha value is -0.820. The Morgan fingerprint density at radius 2 is 1.93 bits per heavy atom. The predicted molar refractivity (Wildman–Crippen MR) is 58.4 cm³/mol. The first-order valence-corrected chi connectivity index (χ1v) is 5.55. The van der Waals surface area contributed by atoms with Crippen molar-refractivity contribution in [3.8, 4) is 0 Å². The second-order valence-corrected chi connectivity index (χ2v) is 4.22. The first-order chi connectivity index (χ1) is 6.85. The van der Waals surface area contributed by atoms with Gasteiger partial charge in [0.05, 0.1) is 6.61 Å². The number of aliphatic hydroxyl groups excluding tert-OH is 1. The molecule has 1 nitrogen and oxygen atoms in total. The number of aliphatic hydroxyl groups is 1. The molecule has 0 aromatic heterocycles. The summed E-state index contributed by atoms with van der Waals surface area (Å²) >= 11 is 0. The van der Waals surface area contributed by atoms with E-state index in [1.807, 2.05) is 0 Å². The summed E-state index contributed by atoms with van der Waals surface area (Å²) in [6, 6.07) is 8.72. The zero-order valence-electron chi connectivity index (χ0n) is 8.74. The van der Waals surface area contributed by atoms with Gasteiger partial charge in [-0.25, -0.2) is 0 Å². The van der Waals surface area contributed by atoms with Crippen LogP contribution in [0.5, 0.6) is 0 Å². The van der Waals surface area contributed by atoms with Gasteiger partial charge < -0.3 is 5.11 Å². The standard InChI is InChI=1S/C13H18O/c1-2-10-3-5-11(6-4-10)13(9-14)12-7-8-12/h3-6,12-14H,2,7-9H2,1H3. The quantitative estimate of drug-likeness (QED) is 0.774. The summed E-state index contributed by atoms with van der Waals surface area (Å²) in [5, 5.41) is 9.32. The summed E-state index contributed by atoms with van der Waals surface area (Å²) in [7, 11) is 0. The van der Waals surface area contributed by atoms with Gasteiger partial charge in [0.2, 0.25) is 0 Å². The molecule has 0 heterocycles. The van der Waals surface area contributed by atoms with Crippen LogP contribution in [-0.4, -0.2) is 11.7 Å². The average molecular weight is 190 g/mol. The second-order valence-electron chi connectivity index (χ2n) is 4.22. The highest BCUT2D eigenvalue weighted by molar-refractivity contribution is 5.26. The minimum atomic E-state index is 0.302. The number of rotatable bonds is 4. The molecule has 1 aliphatic rings. The summed E-state index contributed by atoms with van der Waals surface area (Å²) in [5.41, 5.74) is 2.69. The summed E-state index contributed by atoms with van der Waals surface area (Å²) in [4.78, 5) is 0. The maximum Gasteiger partial charge on any atom is 0.0502 e. The molecule has 0 saturated heterocycles. The molecule has 0 amide bonds. The lowest BCUT2D eigenvalue weighted by molar-refractivity contribution is 0.253. The van der Waals surface area contributed by atoms with Gasteiger partial charge in [0, 0.05) is 5.92 Å². The van der Waals surface area contributed by atoms with E-state index in [0.29, 0.717) is 12.5 Å². The average Bonchev–Trinajstić information content (AvgIpc) is 3.04. The van der Waals surface area contributed by atoms with Crippen molar-refractivity contribution in [3.05, 3.63) is 35.4 Å². The van der Waals surface area contributed by atoms with Gasteiger partial charge in [0.25, 0.3) is 0 Å². The Bertz CT molecular complexity index is 285. The van der Waals surface area contributed by atoms with Crippen molar-refractivity contribution in [2.45, 2.75) is 32.1 Å². The van der Waals surface area contributed by atoms with Crippen LogP contribution in [0.15, 0.2) is 24.3 Å². The van der Waals surface area contributed by atoms with Gasteiger partial charge in [0.15, 0.2) is 0 Å². The van der Waals surface area contributed by atoms with E-state index < -0.39 is 0 Å². The molecule has 1 atom stereocenters. The van der Waals surface area contributed by atoms with Crippen molar-refractivity contribution in [1.29, 1.82) is 0 Å². The molecule has 0 aliphatic heterocycles. The van der Waals surface area contributed by atoms with Gasteiger partial charge >= 0.3 is 0 Å². The maximum absolute atomic E-state index is 9.32. The molecule has 1 aromatic carbocycles. The Balaban J connectivity index is 2.13. The third kappa shape index (κ3) is 1.98. The van der Waals surface area contributed by atoms with E-state index >= 15 is 0 Å². The molecule has 14 heavy (non-hydrogen) atoms. The van der Waals surface area contributed by atoms with E-state index in [1.54, 1.807) is 0 Å². The highest BCUT2D eigenvalue weighted by Crippen LogP contribution is 2.42. The van der Waals surface area contributed by atoms with Gasteiger partial charge in [-0.15, -0.1) is 0 Å². The third-order valence-corrected chi connectivity index (χ3v) is 3.20. The van der Waals surface area contributed by atoms with Crippen molar-refractivity contribution in [2.75, 3.05) is 6.61 Å². The molecule has 1 N–H and O–H groups in total. The largest absolute Gasteiger partial charge is 0.396 e. The van der Waals surface area contributed by atoms with Crippen molar-refractivity contribution in [2.24, 2.45) is 5.92 Å². The summed E-state index contributed by atoms with van der Waals surface area (Å²) < 4.78 is 0. The highest BCUT2D eigenvalue weighted by Gasteiger charge is 2.31. The van der Waals surface area contributed by atoms with Crippen LogP contribution < -0.4 is 0 Å². The molecule has 1 saturated carbocycles. The summed E-state index contributed by atoms with van der Waals surface area (Å²) in [6.07, 6.45) is 3.68.